The summed E-state index contributed by atoms with van der Waals surface area (Å²) in [7, 11) is 0. The number of nitriles is 1. The molecule has 0 bridgehead atoms. The maximum absolute atomic E-state index is 9.44. The second-order valence-corrected chi connectivity index (χ2v) is 6.04. The highest BCUT2D eigenvalue weighted by molar-refractivity contribution is 5.65. The van der Waals surface area contributed by atoms with E-state index in [0.29, 0.717) is 12.1 Å². The quantitative estimate of drug-likeness (QED) is 0.721. The number of aromatic nitrogens is 5. The summed E-state index contributed by atoms with van der Waals surface area (Å²) in [5.41, 5.74) is 2.35. The van der Waals surface area contributed by atoms with E-state index in [1.165, 1.54) is 0 Å². The highest BCUT2D eigenvalue weighted by Crippen LogP contribution is 2.22. The second-order valence-electron chi connectivity index (χ2n) is 6.04. The van der Waals surface area contributed by atoms with Gasteiger partial charge in [0.1, 0.15) is 6.07 Å². The van der Waals surface area contributed by atoms with Gasteiger partial charge in [-0.25, -0.2) is 4.68 Å². The number of pyridine rings is 1. The number of fused-ring (bicyclic) bond motifs is 1. The van der Waals surface area contributed by atoms with Crippen molar-refractivity contribution in [1.82, 2.24) is 24.6 Å². The normalized spacial score (nSPS) is 11.7. The van der Waals surface area contributed by atoms with Crippen molar-refractivity contribution < 1.29 is 0 Å². The molecule has 0 radical (unpaired) electrons. The fourth-order valence-corrected chi connectivity index (χ4v) is 2.44. The SMILES string of the molecule is CC(C)(C)c1nnnn1Cc1cn2ccccc2c1C#N. The summed E-state index contributed by atoms with van der Waals surface area (Å²) >= 11 is 0. The minimum Gasteiger partial charge on any atom is -0.322 e. The Morgan fingerprint density at radius 3 is 2.81 bits per heavy atom. The van der Waals surface area contributed by atoms with Crippen LogP contribution in [0.1, 0.15) is 37.7 Å². The Bertz CT molecular complexity index is 828. The predicted molar refractivity (Wildman–Crippen MR) is 77.7 cm³/mol. The van der Waals surface area contributed by atoms with Gasteiger partial charge in [-0.3, -0.25) is 0 Å². The highest BCUT2D eigenvalue weighted by Gasteiger charge is 2.23. The van der Waals surface area contributed by atoms with Crippen LogP contribution < -0.4 is 0 Å². The largest absolute Gasteiger partial charge is 0.322 e. The summed E-state index contributed by atoms with van der Waals surface area (Å²) in [5.74, 6) is 0.807. The van der Waals surface area contributed by atoms with Crippen LogP contribution >= 0.6 is 0 Å². The fourth-order valence-electron chi connectivity index (χ4n) is 2.44. The van der Waals surface area contributed by atoms with Crippen molar-refractivity contribution in [3.05, 3.63) is 47.5 Å². The topological polar surface area (TPSA) is 71.8 Å². The van der Waals surface area contributed by atoms with Crippen LogP contribution in [0.5, 0.6) is 0 Å². The van der Waals surface area contributed by atoms with Gasteiger partial charge in [0.15, 0.2) is 5.82 Å². The van der Waals surface area contributed by atoms with Gasteiger partial charge < -0.3 is 4.40 Å². The van der Waals surface area contributed by atoms with Crippen LogP contribution in [0.3, 0.4) is 0 Å². The first-order valence-electron chi connectivity index (χ1n) is 6.76. The molecule has 0 aliphatic carbocycles. The van der Waals surface area contributed by atoms with E-state index in [1.54, 1.807) is 4.68 Å². The zero-order chi connectivity index (χ0) is 15.0. The van der Waals surface area contributed by atoms with E-state index in [4.69, 9.17) is 0 Å². The molecule has 0 fully saturated rings. The van der Waals surface area contributed by atoms with Crippen molar-refractivity contribution in [3.63, 3.8) is 0 Å². The first-order valence-corrected chi connectivity index (χ1v) is 6.76. The zero-order valence-electron chi connectivity index (χ0n) is 12.3. The molecular weight excluding hydrogens is 264 g/mol. The zero-order valence-corrected chi connectivity index (χ0v) is 12.3. The third kappa shape index (κ3) is 2.27. The minimum atomic E-state index is -0.143. The summed E-state index contributed by atoms with van der Waals surface area (Å²) in [6.45, 7) is 6.69. The molecule has 6 heteroatoms. The molecule has 0 aliphatic rings. The maximum Gasteiger partial charge on any atom is 0.156 e. The lowest BCUT2D eigenvalue weighted by molar-refractivity contribution is 0.490. The molecule has 0 aliphatic heterocycles. The molecule has 0 saturated carbocycles. The Balaban J connectivity index is 2.07. The summed E-state index contributed by atoms with van der Waals surface area (Å²) < 4.78 is 3.71. The van der Waals surface area contributed by atoms with Gasteiger partial charge in [0.2, 0.25) is 0 Å². The van der Waals surface area contributed by atoms with Crippen LogP contribution in [0.4, 0.5) is 0 Å². The van der Waals surface area contributed by atoms with Crippen LogP contribution in [-0.2, 0) is 12.0 Å². The molecule has 3 aromatic rings. The third-order valence-corrected chi connectivity index (χ3v) is 3.40. The minimum absolute atomic E-state index is 0.143. The molecule has 0 spiro atoms. The Hall–Kier alpha value is -2.68. The number of rotatable bonds is 2. The Labute approximate surface area is 122 Å². The van der Waals surface area contributed by atoms with Gasteiger partial charge >= 0.3 is 0 Å². The van der Waals surface area contributed by atoms with Gasteiger partial charge in [-0.05, 0) is 22.6 Å². The maximum atomic E-state index is 9.44. The molecule has 0 saturated heterocycles. The Morgan fingerprint density at radius 2 is 2.10 bits per heavy atom. The smallest absolute Gasteiger partial charge is 0.156 e. The monoisotopic (exact) mass is 280 g/mol. The molecular formula is C15H16N6. The molecule has 0 aromatic carbocycles. The van der Waals surface area contributed by atoms with E-state index < -0.39 is 0 Å². The predicted octanol–water partition coefficient (Wildman–Crippen LogP) is 2.14. The fraction of sp³-hybridized carbons (Fsp3) is 0.333. The van der Waals surface area contributed by atoms with Crippen molar-refractivity contribution in [2.24, 2.45) is 0 Å². The van der Waals surface area contributed by atoms with Crippen molar-refractivity contribution >= 4 is 5.52 Å². The van der Waals surface area contributed by atoms with Gasteiger partial charge in [-0.2, -0.15) is 5.26 Å². The lowest BCUT2D eigenvalue weighted by Crippen LogP contribution is -2.20. The summed E-state index contributed by atoms with van der Waals surface area (Å²) in [4.78, 5) is 0. The molecule has 0 N–H and O–H groups in total. The molecule has 0 amide bonds. The molecule has 21 heavy (non-hydrogen) atoms. The van der Waals surface area contributed by atoms with E-state index in [2.05, 4.69) is 42.4 Å². The van der Waals surface area contributed by atoms with Crippen LogP contribution in [0.2, 0.25) is 0 Å². The van der Waals surface area contributed by atoms with Gasteiger partial charge in [0.05, 0.1) is 17.6 Å². The summed E-state index contributed by atoms with van der Waals surface area (Å²) in [6, 6.07) is 8.09. The molecule has 0 unspecified atom stereocenters. The van der Waals surface area contributed by atoms with E-state index in [9.17, 15) is 5.26 Å². The summed E-state index contributed by atoms with van der Waals surface area (Å²) in [5, 5.41) is 21.4. The van der Waals surface area contributed by atoms with Crippen LogP contribution in [0, 0.1) is 11.3 Å². The van der Waals surface area contributed by atoms with Gasteiger partial charge in [-0.15, -0.1) is 5.10 Å². The van der Waals surface area contributed by atoms with Crippen molar-refractivity contribution in [3.8, 4) is 6.07 Å². The highest BCUT2D eigenvalue weighted by atomic mass is 15.5. The Kier molecular flexibility index (Phi) is 2.98. The molecule has 3 aromatic heterocycles. The second kappa shape index (κ2) is 4.70. The average Bonchev–Trinajstić information content (AvgIpc) is 3.02. The lowest BCUT2D eigenvalue weighted by Gasteiger charge is -2.16. The van der Waals surface area contributed by atoms with Crippen molar-refractivity contribution in [2.45, 2.75) is 32.7 Å². The van der Waals surface area contributed by atoms with E-state index in [0.717, 1.165) is 16.9 Å². The first-order chi connectivity index (χ1) is 10.0. The first kappa shape index (κ1) is 13.3. The average molecular weight is 280 g/mol. The molecule has 106 valence electrons. The number of tetrazole rings is 1. The van der Waals surface area contributed by atoms with Gasteiger partial charge in [0, 0.05) is 23.4 Å². The standard InChI is InChI=1S/C15H16N6/c1-15(2,3)14-17-18-19-21(14)10-11-9-20-7-5-4-6-13(20)12(11)8-16/h4-7,9H,10H2,1-3H3. The van der Waals surface area contributed by atoms with Crippen molar-refractivity contribution in [1.29, 1.82) is 5.26 Å². The van der Waals surface area contributed by atoms with Gasteiger partial charge in [-0.1, -0.05) is 26.8 Å². The van der Waals surface area contributed by atoms with Crippen LogP contribution in [-0.4, -0.2) is 24.6 Å². The van der Waals surface area contributed by atoms with E-state index in [-0.39, 0.29) is 5.41 Å². The number of hydrogen-bond donors (Lipinski definition) is 0. The van der Waals surface area contributed by atoms with Crippen LogP contribution in [0.15, 0.2) is 30.6 Å². The molecule has 3 heterocycles. The lowest BCUT2D eigenvalue weighted by atomic mass is 9.96. The molecule has 3 rings (SSSR count). The molecule has 0 atom stereocenters. The summed E-state index contributed by atoms with van der Waals surface area (Å²) in [6.07, 6.45) is 3.89. The Morgan fingerprint density at radius 1 is 1.29 bits per heavy atom. The van der Waals surface area contributed by atoms with Crippen molar-refractivity contribution in [2.75, 3.05) is 0 Å². The third-order valence-electron chi connectivity index (χ3n) is 3.40. The van der Waals surface area contributed by atoms with Gasteiger partial charge in [0.25, 0.3) is 0 Å². The van der Waals surface area contributed by atoms with Crippen LogP contribution in [0.25, 0.3) is 5.52 Å². The molecule has 6 nitrogen and oxygen atoms in total. The van der Waals surface area contributed by atoms with E-state index in [1.807, 2.05) is 35.0 Å². The van der Waals surface area contributed by atoms with E-state index >= 15 is 0 Å². The number of hydrogen-bond acceptors (Lipinski definition) is 4. The number of nitrogens with zero attached hydrogens (tertiary/aromatic N) is 6.